The lowest BCUT2D eigenvalue weighted by molar-refractivity contribution is -0.677. The van der Waals surface area contributed by atoms with Gasteiger partial charge in [0.25, 0.3) is 0 Å². The minimum Gasteiger partial charge on any atom is -0.230 e. The van der Waals surface area contributed by atoms with Gasteiger partial charge < -0.3 is 0 Å². The molecule has 114 valence electrons. The quantitative estimate of drug-likeness (QED) is 0.605. The van der Waals surface area contributed by atoms with Crippen molar-refractivity contribution in [3.05, 3.63) is 29.6 Å². The van der Waals surface area contributed by atoms with Crippen molar-refractivity contribution in [2.45, 2.75) is 53.1 Å². The third-order valence-corrected chi connectivity index (χ3v) is 3.82. The van der Waals surface area contributed by atoms with Gasteiger partial charge in [0.05, 0.1) is 24.2 Å². The molecular formula is C18H23N4+. The van der Waals surface area contributed by atoms with Crippen LogP contribution in [0.2, 0.25) is 0 Å². The average molecular weight is 295 g/mol. The molecule has 4 heteroatoms. The molecule has 0 aliphatic carbocycles. The Hall–Kier alpha value is -2.33. The first-order valence-electron chi connectivity index (χ1n) is 7.97. The average Bonchev–Trinajstić information content (AvgIpc) is 2.82. The number of hydrogen-bond acceptors (Lipinski definition) is 2. The van der Waals surface area contributed by atoms with E-state index in [1.165, 1.54) is 12.8 Å². The highest BCUT2D eigenvalue weighted by atomic mass is 15.1. The number of unbranched alkanes of at least 4 members (excludes halogenated alkanes) is 2. The minimum absolute atomic E-state index is 0.457. The molecule has 0 N–H and O–H groups in total. The van der Waals surface area contributed by atoms with Crippen LogP contribution < -0.4 is 4.57 Å². The van der Waals surface area contributed by atoms with Crippen molar-refractivity contribution >= 4 is 11.0 Å². The van der Waals surface area contributed by atoms with Gasteiger partial charge >= 0.3 is 0 Å². The molecule has 0 radical (unpaired) electrons. The molecule has 0 bridgehead atoms. The molecule has 0 atom stereocenters. The van der Waals surface area contributed by atoms with Crippen molar-refractivity contribution in [2.75, 3.05) is 0 Å². The third-order valence-electron chi connectivity index (χ3n) is 3.82. The van der Waals surface area contributed by atoms with Crippen LogP contribution in [-0.4, -0.2) is 4.57 Å². The van der Waals surface area contributed by atoms with Crippen LogP contribution in [-0.2, 0) is 13.1 Å². The van der Waals surface area contributed by atoms with E-state index in [1.54, 1.807) is 0 Å². The summed E-state index contributed by atoms with van der Waals surface area (Å²) in [7, 11) is 0. The van der Waals surface area contributed by atoms with Gasteiger partial charge in [0.2, 0.25) is 6.33 Å². The summed E-state index contributed by atoms with van der Waals surface area (Å²) >= 11 is 0. The van der Waals surface area contributed by atoms with Crippen LogP contribution in [0, 0.1) is 28.6 Å². The topological polar surface area (TPSA) is 56.4 Å². The first-order chi connectivity index (χ1) is 10.6. The molecule has 22 heavy (non-hydrogen) atoms. The number of aryl methyl sites for hydroxylation is 1. The fourth-order valence-corrected chi connectivity index (χ4v) is 2.76. The standard InChI is InChI=1S/C18H23N4/c1-4-5-6-7-21-13-22(12-14(2)3)18-9-16(11-20)15(10-19)8-17(18)21/h8-9,13-14H,4-7,12H2,1-3H3/q+1. The van der Waals surface area contributed by atoms with Crippen molar-refractivity contribution in [3.8, 4) is 12.1 Å². The summed E-state index contributed by atoms with van der Waals surface area (Å²) in [4.78, 5) is 0. The van der Waals surface area contributed by atoms with Gasteiger partial charge in [-0.05, 0) is 18.8 Å². The lowest BCUT2D eigenvalue weighted by Crippen LogP contribution is -2.35. The zero-order valence-corrected chi connectivity index (χ0v) is 13.6. The second-order valence-corrected chi connectivity index (χ2v) is 6.17. The minimum atomic E-state index is 0.457. The van der Waals surface area contributed by atoms with E-state index in [9.17, 15) is 10.5 Å². The Balaban J connectivity index is 2.55. The second kappa shape index (κ2) is 7.09. The Morgan fingerprint density at radius 3 is 2.41 bits per heavy atom. The molecule has 0 unspecified atom stereocenters. The predicted molar refractivity (Wildman–Crippen MR) is 85.9 cm³/mol. The van der Waals surface area contributed by atoms with Gasteiger partial charge in [0.1, 0.15) is 12.1 Å². The number of nitriles is 2. The largest absolute Gasteiger partial charge is 0.244 e. The summed E-state index contributed by atoms with van der Waals surface area (Å²) in [6, 6.07) is 7.99. The molecule has 0 saturated heterocycles. The zero-order chi connectivity index (χ0) is 16.1. The summed E-state index contributed by atoms with van der Waals surface area (Å²) in [6.45, 7) is 8.42. The summed E-state index contributed by atoms with van der Waals surface area (Å²) in [5.74, 6) is 0.529. The lowest BCUT2D eigenvalue weighted by Gasteiger charge is -2.01. The van der Waals surface area contributed by atoms with Crippen molar-refractivity contribution in [3.63, 3.8) is 0 Å². The van der Waals surface area contributed by atoms with Gasteiger partial charge in [-0.3, -0.25) is 0 Å². The maximum absolute atomic E-state index is 9.25. The van der Waals surface area contributed by atoms with Gasteiger partial charge in [-0.1, -0.05) is 27.2 Å². The zero-order valence-electron chi connectivity index (χ0n) is 13.6. The smallest absolute Gasteiger partial charge is 0.230 e. The summed E-state index contributed by atoms with van der Waals surface area (Å²) in [5, 5.41) is 18.5. The maximum Gasteiger partial charge on any atom is 0.244 e. The highest BCUT2D eigenvalue weighted by molar-refractivity contribution is 5.77. The highest BCUT2D eigenvalue weighted by Crippen LogP contribution is 2.19. The molecule has 0 fully saturated rings. The van der Waals surface area contributed by atoms with Crippen LogP contribution in [0.4, 0.5) is 0 Å². The van der Waals surface area contributed by atoms with E-state index in [2.05, 4.69) is 48.4 Å². The Kier molecular flexibility index (Phi) is 5.17. The number of imidazole rings is 1. The molecule has 0 aliphatic heterocycles. The van der Waals surface area contributed by atoms with E-state index >= 15 is 0 Å². The summed E-state index contributed by atoms with van der Waals surface area (Å²) in [6.07, 6.45) is 5.64. The van der Waals surface area contributed by atoms with E-state index in [-0.39, 0.29) is 0 Å². The number of fused-ring (bicyclic) bond motifs is 1. The highest BCUT2D eigenvalue weighted by Gasteiger charge is 2.19. The molecule has 0 spiro atoms. The molecule has 1 aromatic heterocycles. The van der Waals surface area contributed by atoms with Crippen molar-refractivity contribution in [1.29, 1.82) is 10.5 Å². The van der Waals surface area contributed by atoms with Gasteiger partial charge in [-0.25, -0.2) is 9.13 Å². The van der Waals surface area contributed by atoms with Crippen LogP contribution in [0.1, 0.15) is 51.2 Å². The molecule has 2 rings (SSSR count). The molecule has 4 nitrogen and oxygen atoms in total. The van der Waals surface area contributed by atoms with Gasteiger partial charge in [0.15, 0.2) is 11.0 Å². The number of nitrogens with zero attached hydrogens (tertiary/aromatic N) is 4. The molecule has 1 aromatic carbocycles. The first kappa shape index (κ1) is 16.0. The van der Waals surface area contributed by atoms with Crippen molar-refractivity contribution in [2.24, 2.45) is 5.92 Å². The fourth-order valence-electron chi connectivity index (χ4n) is 2.76. The van der Waals surface area contributed by atoms with Crippen LogP contribution in [0.3, 0.4) is 0 Å². The van der Waals surface area contributed by atoms with E-state index in [4.69, 9.17) is 0 Å². The fraction of sp³-hybridized carbons (Fsp3) is 0.500. The molecule has 1 heterocycles. The SMILES string of the molecule is CCCCCn1c[n+](CC(C)C)c2cc(C#N)c(C#N)cc21. The van der Waals surface area contributed by atoms with E-state index in [1.807, 2.05) is 12.1 Å². The molecule has 0 saturated carbocycles. The molecule has 2 aromatic rings. The number of aromatic nitrogens is 2. The van der Waals surface area contributed by atoms with Crippen LogP contribution in [0.15, 0.2) is 18.5 Å². The number of hydrogen-bond donors (Lipinski definition) is 0. The van der Waals surface area contributed by atoms with Gasteiger partial charge in [0, 0.05) is 12.1 Å². The van der Waals surface area contributed by atoms with Crippen LogP contribution >= 0.6 is 0 Å². The normalized spacial score (nSPS) is 10.8. The van der Waals surface area contributed by atoms with Crippen LogP contribution in [0.25, 0.3) is 11.0 Å². The molecule has 0 aliphatic rings. The van der Waals surface area contributed by atoms with Crippen LogP contribution in [0.5, 0.6) is 0 Å². The number of rotatable bonds is 6. The summed E-state index contributed by atoms with van der Waals surface area (Å²) in [5.41, 5.74) is 3.01. The molecular weight excluding hydrogens is 272 g/mol. The van der Waals surface area contributed by atoms with E-state index in [0.717, 1.165) is 30.5 Å². The van der Waals surface area contributed by atoms with Gasteiger partial charge in [-0.2, -0.15) is 10.5 Å². The van der Waals surface area contributed by atoms with Crippen molar-refractivity contribution in [1.82, 2.24) is 4.57 Å². The van der Waals surface area contributed by atoms with E-state index in [0.29, 0.717) is 17.0 Å². The Morgan fingerprint density at radius 1 is 1.14 bits per heavy atom. The Bertz CT molecular complexity index is 741. The third kappa shape index (κ3) is 3.28. The predicted octanol–water partition coefficient (Wildman–Crippen LogP) is 3.52. The maximum atomic E-state index is 9.25. The molecule has 0 amide bonds. The van der Waals surface area contributed by atoms with Crippen molar-refractivity contribution < 1.29 is 4.57 Å². The first-order valence-corrected chi connectivity index (χ1v) is 7.97. The monoisotopic (exact) mass is 295 g/mol. The summed E-state index contributed by atoms with van der Waals surface area (Å²) < 4.78 is 4.42. The second-order valence-electron chi connectivity index (χ2n) is 6.17. The number of benzene rings is 1. The Morgan fingerprint density at radius 2 is 1.82 bits per heavy atom. The van der Waals surface area contributed by atoms with Gasteiger partial charge in [-0.15, -0.1) is 0 Å². The lowest BCUT2D eigenvalue weighted by atomic mass is 10.1. The Labute approximate surface area is 132 Å². The van der Waals surface area contributed by atoms with E-state index < -0.39 is 0 Å².